The number of amides is 1. The van der Waals surface area contributed by atoms with Crippen LogP contribution in [0.3, 0.4) is 0 Å². The SMILES string of the molecule is CC[C@H](C)Oc1c(Cl)cc(/C=C(/C#N)C(=O)N[C@@H](C)c2ccccc2)cc1OC. The molecule has 2 atom stereocenters. The van der Waals surface area contributed by atoms with Gasteiger partial charge in [-0.1, -0.05) is 48.9 Å². The zero-order chi connectivity index (χ0) is 21.4. The first-order chi connectivity index (χ1) is 13.9. The molecule has 0 radical (unpaired) electrons. The van der Waals surface area contributed by atoms with Gasteiger partial charge in [-0.15, -0.1) is 0 Å². The summed E-state index contributed by atoms with van der Waals surface area (Å²) in [7, 11) is 1.52. The van der Waals surface area contributed by atoms with Crippen molar-refractivity contribution in [2.24, 2.45) is 0 Å². The number of ether oxygens (including phenoxy) is 2. The molecule has 0 fully saturated rings. The van der Waals surface area contributed by atoms with Crippen molar-refractivity contribution in [2.75, 3.05) is 7.11 Å². The van der Waals surface area contributed by atoms with E-state index in [-0.39, 0.29) is 17.7 Å². The van der Waals surface area contributed by atoms with Crippen LogP contribution >= 0.6 is 11.6 Å². The number of carbonyl (C=O) groups excluding carboxylic acids is 1. The number of hydrogen-bond acceptors (Lipinski definition) is 4. The van der Waals surface area contributed by atoms with E-state index in [9.17, 15) is 10.1 Å². The predicted molar refractivity (Wildman–Crippen MR) is 115 cm³/mol. The Balaban J connectivity index is 2.26. The van der Waals surface area contributed by atoms with Crippen molar-refractivity contribution in [1.29, 1.82) is 5.26 Å². The summed E-state index contributed by atoms with van der Waals surface area (Å²) < 4.78 is 11.2. The standard InChI is InChI=1S/C23H25ClN2O3/c1-5-15(2)29-22-20(24)12-17(13-21(22)28-4)11-19(14-25)23(27)26-16(3)18-9-7-6-8-10-18/h6-13,15-16H,5H2,1-4H3,(H,26,27)/b19-11-/t15-,16-/m0/s1. The number of benzene rings is 2. The lowest BCUT2D eigenvalue weighted by Gasteiger charge is -2.17. The van der Waals surface area contributed by atoms with Crippen LogP contribution in [0.5, 0.6) is 11.5 Å². The van der Waals surface area contributed by atoms with Gasteiger partial charge >= 0.3 is 0 Å². The van der Waals surface area contributed by atoms with Crippen LogP contribution in [0.25, 0.3) is 6.08 Å². The highest BCUT2D eigenvalue weighted by molar-refractivity contribution is 6.32. The van der Waals surface area contributed by atoms with Gasteiger partial charge in [-0.2, -0.15) is 5.26 Å². The Labute approximate surface area is 176 Å². The van der Waals surface area contributed by atoms with Gasteiger partial charge in [0.05, 0.1) is 24.3 Å². The van der Waals surface area contributed by atoms with Crippen LogP contribution in [0.2, 0.25) is 5.02 Å². The van der Waals surface area contributed by atoms with Crippen molar-refractivity contribution in [3.05, 3.63) is 64.2 Å². The molecule has 0 bridgehead atoms. The van der Waals surface area contributed by atoms with Crippen LogP contribution in [-0.4, -0.2) is 19.1 Å². The number of methoxy groups -OCH3 is 1. The first-order valence-electron chi connectivity index (χ1n) is 9.41. The van der Waals surface area contributed by atoms with E-state index in [1.54, 1.807) is 12.1 Å². The minimum atomic E-state index is -0.459. The second-order valence-electron chi connectivity index (χ2n) is 6.65. The molecule has 0 aliphatic carbocycles. The Morgan fingerprint density at radius 1 is 1.28 bits per heavy atom. The molecule has 0 saturated carbocycles. The average Bonchev–Trinajstić information content (AvgIpc) is 2.73. The molecule has 5 nitrogen and oxygen atoms in total. The van der Waals surface area contributed by atoms with Gasteiger partial charge in [0.1, 0.15) is 11.6 Å². The molecule has 2 aromatic carbocycles. The fourth-order valence-electron chi connectivity index (χ4n) is 2.64. The highest BCUT2D eigenvalue weighted by Gasteiger charge is 2.17. The second-order valence-corrected chi connectivity index (χ2v) is 7.05. The van der Waals surface area contributed by atoms with E-state index in [1.807, 2.05) is 57.2 Å². The molecule has 1 amide bonds. The Morgan fingerprint density at radius 3 is 2.55 bits per heavy atom. The van der Waals surface area contributed by atoms with E-state index in [0.717, 1.165) is 12.0 Å². The largest absolute Gasteiger partial charge is 0.493 e. The summed E-state index contributed by atoms with van der Waals surface area (Å²) in [5.74, 6) is 0.430. The molecular formula is C23H25ClN2O3. The number of carbonyl (C=O) groups is 1. The van der Waals surface area contributed by atoms with Crippen molar-refractivity contribution < 1.29 is 14.3 Å². The second kappa shape index (κ2) is 10.5. The Morgan fingerprint density at radius 2 is 1.97 bits per heavy atom. The minimum absolute atomic E-state index is 0.0253. The van der Waals surface area contributed by atoms with Gasteiger partial charge in [0.15, 0.2) is 11.5 Å². The molecule has 2 aromatic rings. The van der Waals surface area contributed by atoms with Gasteiger partial charge in [-0.05, 0) is 49.6 Å². The summed E-state index contributed by atoms with van der Waals surface area (Å²) in [4.78, 5) is 12.6. The average molecular weight is 413 g/mol. The highest BCUT2D eigenvalue weighted by Crippen LogP contribution is 2.38. The third kappa shape index (κ3) is 6.00. The van der Waals surface area contributed by atoms with Crippen LogP contribution in [0.15, 0.2) is 48.0 Å². The third-order valence-corrected chi connectivity index (χ3v) is 4.75. The van der Waals surface area contributed by atoms with Gasteiger partial charge in [0.25, 0.3) is 5.91 Å². The Hall–Kier alpha value is -2.97. The number of rotatable bonds is 8. The smallest absolute Gasteiger partial charge is 0.262 e. The molecule has 0 aromatic heterocycles. The zero-order valence-electron chi connectivity index (χ0n) is 17.0. The van der Waals surface area contributed by atoms with Gasteiger partial charge in [-0.25, -0.2) is 0 Å². The number of nitriles is 1. The molecule has 0 aliphatic rings. The molecule has 29 heavy (non-hydrogen) atoms. The van der Waals surface area contributed by atoms with Crippen molar-refractivity contribution >= 4 is 23.6 Å². The first-order valence-corrected chi connectivity index (χ1v) is 9.79. The molecular weight excluding hydrogens is 388 g/mol. The quantitative estimate of drug-likeness (QED) is 0.471. The lowest BCUT2D eigenvalue weighted by molar-refractivity contribution is -0.117. The molecule has 1 N–H and O–H groups in total. The molecule has 0 heterocycles. The van der Waals surface area contributed by atoms with Crippen molar-refractivity contribution in [3.8, 4) is 17.6 Å². The summed E-state index contributed by atoms with van der Waals surface area (Å²) >= 11 is 6.37. The molecule has 2 rings (SSSR count). The monoisotopic (exact) mass is 412 g/mol. The molecule has 0 spiro atoms. The van der Waals surface area contributed by atoms with Crippen LogP contribution < -0.4 is 14.8 Å². The lowest BCUT2D eigenvalue weighted by atomic mass is 10.1. The molecule has 0 aliphatic heterocycles. The van der Waals surface area contributed by atoms with E-state index in [1.165, 1.54) is 13.2 Å². The number of nitrogens with zero attached hydrogens (tertiary/aromatic N) is 1. The van der Waals surface area contributed by atoms with E-state index in [4.69, 9.17) is 21.1 Å². The van der Waals surface area contributed by atoms with E-state index < -0.39 is 5.91 Å². The maximum atomic E-state index is 12.6. The number of halogens is 1. The Kier molecular flexibility index (Phi) is 8.11. The zero-order valence-corrected chi connectivity index (χ0v) is 17.8. The van der Waals surface area contributed by atoms with E-state index >= 15 is 0 Å². The number of nitrogens with one attached hydrogen (secondary N) is 1. The minimum Gasteiger partial charge on any atom is -0.493 e. The summed E-state index contributed by atoms with van der Waals surface area (Å²) in [6.45, 7) is 5.81. The third-order valence-electron chi connectivity index (χ3n) is 4.47. The van der Waals surface area contributed by atoms with Crippen molar-refractivity contribution in [2.45, 2.75) is 39.3 Å². The van der Waals surface area contributed by atoms with Gasteiger partial charge in [0, 0.05) is 0 Å². The first kappa shape index (κ1) is 22.3. The normalized spacial score (nSPS) is 13.2. The van der Waals surface area contributed by atoms with Crippen molar-refractivity contribution in [1.82, 2.24) is 5.32 Å². The van der Waals surface area contributed by atoms with Gasteiger partial charge in [0.2, 0.25) is 0 Å². The lowest BCUT2D eigenvalue weighted by Crippen LogP contribution is -2.27. The highest BCUT2D eigenvalue weighted by atomic mass is 35.5. The summed E-state index contributed by atoms with van der Waals surface area (Å²) in [5, 5.41) is 12.7. The van der Waals surface area contributed by atoms with Crippen LogP contribution in [0.4, 0.5) is 0 Å². The molecule has 152 valence electrons. The fraction of sp³-hybridized carbons (Fsp3) is 0.304. The van der Waals surface area contributed by atoms with Gasteiger partial charge in [-0.3, -0.25) is 4.79 Å². The van der Waals surface area contributed by atoms with Gasteiger partial charge < -0.3 is 14.8 Å². The van der Waals surface area contributed by atoms with Crippen LogP contribution in [0.1, 0.15) is 44.4 Å². The number of hydrogen-bond donors (Lipinski definition) is 1. The Bertz CT molecular complexity index is 920. The predicted octanol–water partition coefficient (Wildman–Crippen LogP) is 5.31. The summed E-state index contributed by atoms with van der Waals surface area (Å²) in [5.41, 5.74) is 1.50. The summed E-state index contributed by atoms with van der Waals surface area (Å²) in [6, 6.07) is 14.6. The molecule has 0 unspecified atom stereocenters. The van der Waals surface area contributed by atoms with Crippen LogP contribution in [-0.2, 0) is 4.79 Å². The van der Waals surface area contributed by atoms with Crippen molar-refractivity contribution in [3.63, 3.8) is 0 Å². The fourth-order valence-corrected chi connectivity index (χ4v) is 2.90. The molecule has 0 saturated heterocycles. The van der Waals surface area contributed by atoms with E-state index in [2.05, 4.69) is 5.32 Å². The summed E-state index contributed by atoms with van der Waals surface area (Å²) in [6.07, 6.45) is 2.27. The van der Waals surface area contributed by atoms with Crippen LogP contribution in [0, 0.1) is 11.3 Å². The van der Waals surface area contributed by atoms with E-state index in [0.29, 0.717) is 22.1 Å². The maximum absolute atomic E-state index is 12.6. The maximum Gasteiger partial charge on any atom is 0.262 e. The topological polar surface area (TPSA) is 71.3 Å². The molecule has 6 heteroatoms.